The zero-order chi connectivity index (χ0) is 21.9. The second-order valence-electron chi connectivity index (χ2n) is 6.20. The molecule has 1 aromatic heterocycles. The Balaban J connectivity index is -0.00000205. The number of nitrogens with one attached hydrogen (secondary N) is 1. The van der Waals surface area contributed by atoms with Crippen molar-refractivity contribution in [1.29, 1.82) is 0 Å². The van der Waals surface area contributed by atoms with Crippen LogP contribution in [0.4, 0.5) is 13.2 Å². The molecule has 0 aliphatic carbocycles. The van der Waals surface area contributed by atoms with Gasteiger partial charge in [0, 0.05) is 5.56 Å². The van der Waals surface area contributed by atoms with Crippen molar-refractivity contribution < 1.29 is 82.7 Å². The van der Waals surface area contributed by atoms with E-state index in [1.165, 1.54) is 30.6 Å². The fourth-order valence-electron chi connectivity index (χ4n) is 2.60. The molecular formula is C19H21F3N3NaO8S-2. The summed E-state index contributed by atoms with van der Waals surface area (Å²) in [7, 11) is -4.08. The van der Waals surface area contributed by atoms with Crippen LogP contribution in [0.2, 0.25) is 0 Å². The predicted molar refractivity (Wildman–Crippen MR) is 112 cm³/mol. The molecule has 16 heteroatoms. The van der Waals surface area contributed by atoms with Crippen molar-refractivity contribution >= 4 is 16.3 Å². The van der Waals surface area contributed by atoms with Gasteiger partial charge in [0.25, 0.3) is 10.0 Å². The van der Waals surface area contributed by atoms with Gasteiger partial charge in [0.05, 0.1) is 16.3 Å². The Morgan fingerprint density at radius 1 is 1.03 bits per heavy atom. The summed E-state index contributed by atoms with van der Waals surface area (Å²) >= 11 is 0. The first-order chi connectivity index (χ1) is 14.1. The van der Waals surface area contributed by atoms with Crippen molar-refractivity contribution in [3.8, 4) is 16.9 Å². The molecule has 11 nitrogen and oxygen atoms in total. The Labute approximate surface area is 220 Å². The van der Waals surface area contributed by atoms with E-state index in [1.54, 1.807) is 29.2 Å². The molecule has 0 saturated carbocycles. The number of hydrogen-bond acceptors (Lipinski definition) is 5. The molecule has 0 fully saturated rings. The fraction of sp³-hybridized carbons (Fsp3) is 0.158. The molecule has 0 saturated heterocycles. The molecule has 3 rings (SSSR count). The molecule has 0 radical (unpaired) electrons. The van der Waals surface area contributed by atoms with Gasteiger partial charge in [0.1, 0.15) is 0 Å². The number of nitrogens with zero attached hydrogens (tertiary/aromatic N) is 2. The van der Waals surface area contributed by atoms with E-state index < -0.39 is 28.5 Å². The topological polar surface area (TPSA) is 213 Å². The number of aromatic nitrogens is 2. The Bertz CT molecular complexity index is 1160. The molecule has 7 N–H and O–H groups in total. The van der Waals surface area contributed by atoms with E-state index in [9.17, 15) is 26.4 Å². The van der Waals surface area contributed by atoms with E-state index in [0.717, 1.165) is 16.3 Å². The number of alkyl halides is 3. The third kappa shape index (κ3) is 9.08. The van der Waals surface area contributed by atoms with Crippen LogP contribution in [0.5, 0.6) is 0 Å². The molecule has 0 atom stereocenters. The summed E-state index contributed by atoms with van der Waals surface area (Å²) in [5.41, 5.74) is 0.802. The number of benzene rings is 2. The number of halogens is 3. The van der Waals surface area contributed by atoms with Crippen molar-refractivity contribution in [2.24, 2.45) is 0 Å². The average molecular weight is 531 g/mol. The maximum Gasteiger partial charge on any atom is 1.00 e. The molecule has 1 heterocycles. The maximum absolute atomic E-state index is 13.2. The summed E-state index contributed by atoms with van der Waals surface area (Å²) < 4.78 is 65.0. The van der Waals surface area contributed by atoms with Gasteiger partial charge in [0.2, 0.25) is 0 Å². The molecule has 0 aliphatic heterocycles. The van der Waals surface area contributed by atoms with Gasteiger partial charge >= 0.3 is 35.7 Å². The fourth-order valence-corrected chi connectivity index (χ4v) is 3.40. The van der Waals surface area contributed by atoms with Crippen LogP contribution in [0.25, 0.3) is 16.9 Å². The zero-order valence-electron chi connectivity index (χ0n) is 18.4. The molecule has 0 spiro atoms. The molecule has 2 aromatic carbocycles. The second kappa shape index (κ2) is 15.0. The van der Waals surface area contributed by atoms with Crippen LogP contribution in [-0.4, -0.2) is 47.5 Å². The summed E-state index contributed by atoms with van der Waals surface area (Å²) in [5.74, 6) is 0. The molecule has 3 aromatic rings. The van der Waals surface area contributed by atoms with Gasteiger partial charge in [-0.1, -0.05) is 34.7 Å². The quantitative estimate of drug-likeness (QED) is 0.152. The van der Waals surface area contributed by atoms with Crippen molar-refractivity contribution in [3.05, 3.63) is 65.9 Å². The normalized spacial score (nSPS) is 10.4. The summed E-state index contributed by atoms with van der Waals surface area (Å²) in [5, 5.41) is 3.66. The van der Waals surface area contributed by atoms with Crippen molar-refractivity contribution in [1.82, 2.24) is 14.7 Å². The van der Waals surface area contributed by atoms with Crippen molar-refractivity contribution in [2.75, 3.05) is 6.61 Å². The van der Waals surface area contributed by atoms with Crippen LogP contribution in [-0.2, 0) is 31.3 Å². The smallest absolute Gasteiger partial charge is 1.00 e. The Kier molecular flexibility index (Phi) is 16.1. The number of sulfonamides is 1. The average Bonchev–Trinajstić information content (AvgIpc) is 3.15. The maximum atomic E-state index is 13.2. The summed E-state index contributed by atoms with van der Waals surface area (Å²) in [6, 6.07) is 12.8. The van der Waals surface area contributed by atoms with Gasteiger partial charge in [0.15, 0.2) is 5.69 Å². The zero-order valence-corrected chi connectivity index (χ0v) is 21.2. The minimum atomic E-state index is -4.65. The van der Waals surface area contributed by atoms with Crippen LogP contribution in [0, 0.1) is 6.92 Å². The Morgan fingerprint density at radius 3 is 2.06 bits per heavy atom. The Hall–Kier alpha value is -2.18. The SMILES string of the molecule is Cc1ccc(-c2cc(C(F)(F)F)nn2-c2ccc(S(=O)(=O)NOC[C-]=O)cc2)cc1.O.O.O.[Na+].[O-2]. The van der Waals surface area contributed by atoms with Gasteiger partial charge in [-0.05, 0) is 43.9 Å². The Morgan fingerprint density at radius 2 is 1.57 bits per heavy atom. The van der Waals surface area contributed by atoms with Crippen LogP contribution in [0.3, 0.4) is 0 Å². The van der Waals surface area contributed by atoms with Crippen LogP contribution in [0.1, 0.15) is 11.3 Å². The summed E-state index contributed by atoms with van der Waals surface area (Å²) in [6.45, 7) is 1.26. The monoisotopic (exact) mass is 531 g/mol. The molecule has 0 bridgehead atoms. The molecular weight excluding hydrogens is 510 g/mol. The van der Waals surface area contributed by atoms with Gasteiger partial charge < -0.3 is 31.5 Å². The standard InChI is InChI=1S/C19H15F3N3O4S.Na.3H2O.O/c1-13-2-4-14(5-3-13)17-12-18(19(20,21)22)23-25(17)15-6-8-16(9-7-15)30(27,28)24-29-11-10-26;;;;;/h2-9,12,24H,11H2,1H3;;3*1H2;/q-1;+1;;;;-2. The second-order valence-corrected chi connectivity index (χ2v) is 7.85. The number of rotatable bonds is 7. The van der Waals surface area contributed by atoms with Gasteiger partial charge in [-0.25, -0.2) is 19.4 Å². The van der Waals surface area contributed by atoms with E-state index in [-0.39, 0.29) is 67.7 Å². The van der Waals surface area contributed by atoms with E-state index in [4.69, 9.17) is 0 Å². The summed E-state index contributed by atoms with van der Waals surface area (Å²) in [6.07, 6.45) is -3.29. The van der Waals surface area contributed by atoms with E-state index in [2.05, 4.69) is 9.94 Å². The van der Waals surface area contributed by atoms with Crippen molar-refractivity contribution in [2.45, 2.75) is 18.0 Å². The molecule has 0 amide bonds. The van der Waals surface area contributed by atoms with E-state index >= 15 is 0 Å². The first-order valence-corrected chi connectivity index (χ1v) is 9.93. The predicted octanol–water partition coefficient (Wildman–Crippen LogP) is -2.40. The number of carbonyl (C=O) groups excluding carboxylic acids is 1. The third-order valence-corrected chi connectivity index (χ3v) is 5.27. The van der Waals surface area contributed by atoms with E-state index in [0.29, 0.717) is 5.56 Å². The van der Waals surface area contributed by atoms with Crippen LogP contribution >= 0.6 is 0 Å². The summed E-state index contributed by atoms with van der Waals surface area (Å²) in [4.78, 5) is 16.1. The van der Waals surface area contributed by atoms with Crippen LogP contribution < -0.4 is 34.4 Å². The number of aryl methyl sites for hydroxylation is 1. The van der Waals surface area contributed by atoms with Crippen molar-refractivity contribution in [3.63, 3.8) is 0 Å². The largest absolute Gasteiger partial charge is 2.00 e. The first-order valence-electron chi connectivity index (χ1n) is 8.45. The molecule has 35 heavy (non-hydrogen) atoms. The van der Waals surface area contributed by atoms with Crippen LogP contribution in [0.15, 0.2) is 59.5 Å². The van der Waals surface area contributed by atoms with Gasteiger partial charge in [-0.15, -0.1) is 0 Å². The number of hydrogen-bond donors (Lipinski definition) is 1. The minimum Gasteiger partial charge on any atom is -2.00 e. The molecule has 0 aliphatic rings. The third-order valence-electron chi connectivity index (χ3n) is 4.04. The van der Waals surface area contributed by atoms with Gasteiger partial charge in [-0.3, -0.25) is 0 Å². The molecule has 0 unspecified atom stereocenters. The molecule has 190 valence electrons. The first kappa shape index (κ1) is 37.4. The van der Waals surface area contributed by atoms with E-state index in [1.807, 2.05) is 6.92 Å². The minimum absolute atomic E-state index is 0. The van der Waals surface area contributed by atoms with Gasteiger partial charge in [-0.2, -0.15) is 18.3 Å².